The van der Waals surface area contributed by atoms with Gasteiger partial charge in [0, 0.05) is 24.3 Å². The number of unbranched alkanes of at least 4 members (excludes halogenated alkanes) is 1. The normalized spacial score (nSPS) is 25.1. The van der Waals surface area contributed by atoms with Crippen molar-refractivity contribution in [3.05, 3.63) is 69.9 Å². The zero-order chi connectivity index (χ0) is 24.1. The van der Waals surface area contributed by atoms with Crippen molar-refractivity contribution in [1.82, 2.24) is 5.32 Å². The van der Waals surface area contributed by atoms with Crippen molar-refractivity contribution >= 4 is 23.2 Å². The lowest BCUT2D eigenvalue weighted by Crippen LogP contribution is -2.57. The first-order valence-electron chi connectivity index (χ1n) is 12.6. The number of hydrogen-bond donors (Lipinski definition) is 2. The Morgan fingerprint density at radius 2 is 1.91 bits per heavy atom. The van der Waals surface area contributed by atoms with E-state index in [9.17, 15) is 9.59 Å². The molecule has 0 saturated heterocycles. The minimum Gasteiger partial charge on any atom is -0.481 e. The molecule has 3 aliphatic rings. The molecule has 2 bridgehead atoms. The second-order valence-electron chi connectivity index (χ2n) is 10.7. The molecule has 3 aliphatic carbocycles. The maximum Gasteiger partial charge on any atom is 0.303 e. The van der Waals surface area contributed by atoms with Crippen molar-refractivity contribution in [3.8, 4) is 0 Å². The van der Waals surface area contributed by atoms with E-state index in [1.54, 1.807) is 11.3 Å². The van der Waals surface area contributed by atoms with Crippen molar-refractivity contribution in [2.75, 3.05) is 6.54 Å². The quantitative estimate of drug-likeness (QED) is 0.283. The molecule has 1 heterocycles. The van der Waals surface area contributed by atoms with Gasteiger partial charge in [-0.2, -0.15) is 0 Å². The molecular formula is C29H37NO3S. The predicted octanol–water partition coefficient (Wildman–Crippen LogP) is 6.57. The van der Waals surface area contributed by atoms with E-state index in [2.05, 4.69) is 49.5 Å². The van der Waals surface area contributed by atoms with Crippen molar-refractivity contribution in [2.24, 2.45) is 29.1 Å². The third-order valence-corrected chi connectivity index (χ3v) is 9.31. The van der Waals surface area contributed by atoms with Crippen LogP contribution in [0.3, 0.4) is 0 Å². The molecule has 5 rings (SSSR count). The number of benzene rings is 1. The molecule has 0 aliphatic heterocycles. The molecule has 4 atom stereocenters. The number of aliphatic carboxylic acids is 1. The summed E-state index contributed by atoms with van der Waals surface area (Å²) in [4.78, 5) is 25.6. The molecule has 0 unspecified atom stereocenters. The predicted molar refractivity (Wildman–Crippen MR) is 138 cm³/mol. The smallest absolute Gasteiger partial charge is 0.303 e. The monoisotopic (exact) mass is 479 g/mol. The van der Waals surface area contributed by atoms with Gasteiger partial charge in [0.25, 0.3) is 5.91 Å². The van der Waals surface area contributed by atoms with E-state index in [0.717, 1.165) is 36.6 Å². The van der Waals surface area contributed by atoms with E-state index in [0.29, 0.717) is 29.6 Å². The first-order chi connectivity index (χ1) is 16.3. The molecule has 34 heavy (non-hydrogen) atoms. The molecule has 0 radical (unpaired) electrons. The molecule has 2 N–H and O–H groups in total. The second-order valence-corrected chi connectivity index (χ2v) is 11.8. The van der Waals surface area contributed by atoms with Gasteiger partial charge in [0.05, 0.1) is 4.88 Å². The summed E-state index contributed by atoms with van der Waals surface area (Å²) < 4.78 is 0. The molecule has 3 saturated carbocycles. The van der Waals surface area contributed by atoms with Crippen LogP contribution in [0.5, 0.6) is 0 Å². The van der Waals surface area contributed by atoms with Crippen LogP contribution in [0.4, 0.5) is 0 Å². The molecule has 4 nitrogen and oxygen atoms in total. The van der Waals surface area contributed by atoms with E-state index in [1.165, 1.54) is 23.3 Å². The fourth-order valence-electron chi connectivity index (χ4n) is 6.09. The lowest BCUT2D eigenvalue weighted by molar-refractivity contribution is -0.137. The maximum absolute atomic E-state index is 12.9. The Morgan fingerprint density at radius 1 is 1.12 bits per heavy atom. The number of carbonyl (C=O) groups excluding carboxylic acids is 1. The van der Waals surface area contributed by atoms with Crippen LogP contribution in [-0.2, 0) is 11.2 Å². The second kappa shape index (κ2) is 10.9. The van der Waals surface area contributed by atoms with Crippen LogP contribution in [0.15, 0.2) is 54.6 Å². The highest BCUT2D eigenvalue weighted by Crippen LogP contribution is 2.63. The van der Waals surface area contributed by atoms with Gasteiger partial charge >= 0.3 is 5.97 Å². The first-order valence-corrected chi connectivity index (χ1v) is 13.4. The van der Waals surface area contributed by atoms with Crippen LogP contribution in [0.25, 0.3) is 0 Å². The SMILES string of the molecule is CC1(C)[C@@H]2C[C@@H](CNC(=O)c3ccc(Cc4ccccc4)s3)[C@H](C/C=C/CCCC(=O)O)[C@H]1C2. The summed E-state index contributed by atoms with van der Waals surface area (Å²) in [5.41, 5.74) is 1.65. The Kier molecular flexibility index (Phi) is 7.92. The van der Waals surface area contributed by atoms with Crippen molar-refractivity contribution in [3.63, 3.8) is 0 Å². The van der Waals surface area contributed by atoms with Crippen LogP contribution >= 0.6 is 11.3 Å². The summed E-state index contributed by atoms with van der Waals surface area (Å²) in [5, 5.41) is 12.1. The number of allylic oxidation sites excluding steroid dienone is 2. The average Bonchev–Trinajstić information content (AvgIpc) is 3.28. The Morgan fingerprint density at radius 3 is 2.65 bits per heavy atom. The highest BCUT2D eigenvalue weighted by molar-refractivity contribution is 7.14. The maximum atomic E-state index is 12.9. The van der Waals surface area contributed by atoms with E-state index in [4.69, 9.17) is 5.11 Å². The van der Waals surface area contributed by atoms with Gasteiger partial charge in [0.1, 0.15) is 0 Å². The Labute approximate surface area is 207 Å². The summed E-state index contributed by atoms with van der Waals surface area (Å²) in [5.74, 6) is 1.87. The Bertz CT molecular complexity index is 1010. The molecule has 1 aromatic heterocycles. The van der Waals surface area contributed by atoms with Gasteiger partial charge in [0.2, 0.25) is 0 Å². The summed E-state index contributed by atoms with van der Waals surface area (Å²) >= 11 is 1.59. The third-order valence-electron chi connectivity index (χ3n) is 8.22. The summed E-state index contributed by atoms with van der Waals surface area (Å²) in [6, 6.07) is 14.4. The Balaban J connectivity index is 1.31. The van der Waals surface area contributed by atoms with Gasteiger partial charge in [-0.1, -0.05) is 56.3 Å². The van der Waals surface area contributed by atoms with Crippen LogP contribution in [0, 0.1) is 29.1 Å². The number of nitrogens with one attached hydrogen (secondary N) is 1. The van der Waals surface area contributed by atoms with Crippen molar-refractivity contribution < 1.29 is 14.7 Å². The third kappa shape index (κ3) is 5.80. The van der Waals surface area contributed by atoms with Gasteiger partial charge in [-0.25, -0.2) is 0 Å². The van der Waals surface area contributed by atoms with Crippen molar-refractivity contribution in [1.29, 1.82) is 0 Å². The minimum absolute atomic E-state index is 0.0470. The van der Waals surface area contributed by atoms with Gasteiger partial charge in [-0.3, -0.25) is 9.59 Å². The lowest BCUT2D eigenvalue weighted by atomic mass is 9.43. The van der Waals surface area contributed by atoms with Gasteiger partial charge in [-0.05, 0) is 78.9 Å². The number of carbonyl (C=O) groups is 2. The largest absolute Gasteiger partial charge is 0.481 e. The number of carboxylic acids is 1. The number of amides is 1. The number of fused-ring (bicyclic) bond motifs is 2. The molecule has 3 fully saturated rings. The van der Waals surface area contributed by atoms with E-state index >= 15 is 0 Å². The highest BCUT2D eigenvalue weighted by Gasteiger charge is 2.56. The number of hydrogen-bond acceptors (Lipinski definition) is 3. The number of carboxylic acid groups (broad SMARTS) is 1. The van der Waals surface area contributed by atoms with E-state index in [-0.39, 0.29) is 12.3 Å². The van der Waals surface area contributed by atoms with Crippen LogP contribution in [-0.4, -0.2) is 23.5 Å². The topological polar surface area (TPSA) is 66.4 Å². The molecule has 182 valence electrons. The zero-order valence-corrected chi connectivity index (χ0v) is 21.2. The zero-order valence-electron chi connectivity index (χ0n) is 20.3. The van der Waals surface area contributed by atoms with Gasteiger partial charge < -0.3 is 10.4 Å². The standard InChI is InChI=1S/C29H37NO3S/c1-29(2)22-17-21(24(25(29)18-22)12-8-3-4-9-13-27(31)32)19-30-28(33)26-15-14-23(34-26)16-20-10-6-5-7-11-20/h3,5-8,10-11,14-15,21-22,24-25H,4,9,12-13,16-19H2,1-2H3,(H,30,33)(H,31,32)/b8-3+/t21-,22+,24-,25+/m0/s1. The highest BCUT2D eigenvalue weighted by atomic mass is 32.1. The van der Waals surface area contributed by atoms with Gasteiger partial charge in [0.15, 0.2) is 0 Å². The number of rotatable bonds is 11. The molecule has 0 spiro atoms. The van der Waals surface area contributed by atoms with E-state index in [1.807, 2.05) is 24.3 Å². The fraction of sp³-hybridized carbons (Fsp3) is 0.517. The van der Waals surface area contributed by atoms with Crippen LogP contribution in [0.2, 0.25) is 0 Å². The summed E-state index contributed by atoms with van der Waals surface area (Å²) in [6.45, 7) is 5.56. The lowest BCUT2D eigenvalue weighted by Gasteiger charge is -2.63. The van der Waals surface area contributed by atoms with Crippen LogP contribution < -0.4 is 5.32 Å². The first kappa shape index (κ1) is 24.7. The molecular weight excluding hydrogens is 442 g/mol. The molecule has 5 heteroatoms. The van der Waals surface area contributed by atoms with Crippen molar-refractivity contribution in [2.45, 2.75) is 58.8 Å². The minimum atomic E-state index is -0.725. The fourth-order valence-corrected chi connectivity index (χ4v) is 7.05. The number of thiophene rings is 1. The summed E-state index contributed by atoms with van der Waals surface area (Å²) in [6.07, 6.45) is 10.5. The van der Waals surface area contributed by atoms with E-state index < -0.39 is 5.97 Å². The molecule has 1 amide bonds. The average molecular weight is 480 g/mol. The molecule has 1 aromatic carbocycles. The summed E-state index contributed by atoms with van der Waals surface area (Å²) in [7, 11) is 0. The van der Waals surface area contributed by atoms with Gasteiger partial charge in [-0.15, -0.1) is 11.3 Å². The molecule has 2 aromatic rings. The Hall–Kier alpha value is -2.40. The van der Waals surface area contributed by atoms with Crippen LogP contribution in [0.1, 0.15) is 72.5 Å².